The topological polar surface area (TPSA) is 55.9 Å². The SMILES string of the molecule is Cc1cc(N)ccc1NCCn1ccnc1. The van der Waals surface area contributed by atoms with Crippen LogP contribution in [0.4, 0.5) is 11.4 Å². The first kappa shape index (κ1) is 10.5. The number of benzene rings is 1. The molecule has 0 aliphatic rings. The van der Waals surface area contributed by atoms with Crippen molar-refractivity contribution in [2.45, 2.75) is 13.5 Å². The van der Waals surface area contributed by atoms with Crippen LogP contribution in [0.5, 0.6) is 0 Å². The highest BCUT2D eigenvalue weighted by Crippen LogP contribution is 2.17. The van der Waals surface area contributed by atoms with E-state index in [0.717, 1.165) is 24.5 Å². The Morgan fingerprint density at radius 3 is 3.00 bits per heavy atom. The van der Waals surface area contributed by atoms with E-state index in [1.54, 1.807) is 6.20 Å². The maximum atomic E-state index is 5.69. The Morgan fingerprint density at radius 1 is 1.44 bits per heavy atom. The number of nitrogens with two attached hydrogens (primary N) is 1. The summed E-state index contributed by atoms with van der Waals surface area (Å²) in [7, 11) is 0. The molecule has 1 aromatic heterocycles. The summed E-state index contributed by atoms with van der Waals surface area (Å²) in [6, 6.07) is 5.89. The van der Waals surface area contributed by atoms with E-state index in [1.807, 2.05) is 35.3 Å². The minimum Gasteiger partial charge on any atom is -0.399 e. The molecule has 0 amide bonds. The zero-order chi connectivity index (χ0) is 11.4. The van der Waals surface area contributed by atoms with Crippen LogP contribution in [-0.2, 0) is 6.54 Å². The molecule has 0 unspecified atom stereocenters. The molecular formula is C12H16N4. The second kappa shape index (κ2) is 4.70. The smallest absolute Gasteiger partial charge is 0.0946 e. The van der Waals surface area contributed by atoms with Gasteiger partial charge in [0.25, 0.3) is 0 Å². The van der Waals surface area contributed by atoms with Crippen molar-refractivity contribution in [3.8, 4) is 0 Å². The molecule has 3 N–H and O–H groups in total. The summed E-state index contributed by atoms with van der Waals surface area (Å²) < 4.78 is 2.04. The van der Waals surface area contributed by atoms with E-state index in [4.69, 9.17) is 5.73 Å². The van der Waals surface area contributed by atoms with Crippen LogP contribution in [0.25, 0.3) is 0 Å². The molecule has 0 spiro atoms. The second-order valence-corrected chi connectivity index (χ2v) is 3.80. The zero-order valence-corrected chi connectivity index (χ0v) is 9.35. The number of hydrogen-bond donors (Lipinski definition) is 2. The van der Waals surface area contributed by atoms with Crippen LogP contribution < -0.4 is 11.1 Å². The molecule has 0 bridgehead atoms. The molecule has 4 heteroatoms. The van der Waals surface area contributed by atoms with Crippen molar-refractivity contribution < 1.29 is 0 Å². The number of aromatic nitrogens is 2. The summed E-state index contributed by atoms with van der Waals surface area (Å²) in [5.74, 6) is 0. The summed E-state index contributed by atoms with van der Waals surface area (Å²) in [5, 5.41) is 3.37. The number of anilines is 2. The Kier molecular flexibility index (Phi) is 3.10. The number of imidazole rings is 1. The number of hydrogen-bond acceptors (Lipinski definition) is 3. The molecule has 0 radical (unpaired) electrons. The van der Waals surface area contributed by atoms with Crippen LogP contribution in [0.2, 0.25) is 0 Å². The average molecular weight is 216 g/mol. The van der Waals surface area contributed by atoms with Crippen LogP contribution in [0.3, 0.4) is 0 Å². The van der Waals surface area contributed by atoms with E-state index < -0.39 is 0 Å². The van der Waals surface area contributed by atoms with E-state index in [2.05, 4.69) is 17.2 Å². The fourth-order valence-electron chi connectivity index (χ4n) is 1.62. The third kappa shape index (κ3) is 2.53. The van der Waals surface area contributed by atoms with Gasteiger partial charge >= 0.3 is 0 Å². The molecule has 0 aliphatic carbocycles. The van der Waals surface area contributed by atoms with Crippen LogP contribution in [0.15, 0.2) is 36.9 Å². The molecule has 1 aromatic carbocycles. The van der Waals surface area contributed by atoms with Gasteiger partial charge in [-0.1, -0.05) is 0 Å². The van der Waals surface area contributed by atoms with E-state index in [9.17, 15) is 0 Å². The van der Waals surface area contributed by atoms with Gasteiger partial charge in [0.2, 0.25) is 0 Å². The van der Waals surface area contributed by atoms with E-state index in [0.29, 0.717) is 0 Å². The van der Waals surface area contributed by atoms with Gasteiger partial charge in [-0.05, 0) is 30.7 Å². The van der Waals surface area contributed by atoms with Crippen LogP contribution in [0, 0.1) is 6.92 Å². The summed E-state index contributed by atoms with van der Waals surface area (Å²) in [4.78, 5) is 4.00. The molecule has 16 heavy (non-hydrogen) atoms. The fraction of sp³-hybridized carbons (Fsp3) is 0.250. The first-order valence-corrected chi connectivity index (χ1v) is 5.31. The maximum Gasteiger partial charge on any atom is 0.0946 e. The van der Waals surface area contributed by atoms with Crippen molar-refractivity contribution in [2.75, 3.05) is 17.6 Å². The molecule has 2 rings (SSSR count). The zero-order valence-electron chi connectivity index (χ0n) is 9.35. The lowest BCUT2D eigenvalue weighted by Gasteiger charge is -2.10. The normalized spacial score (nSPS) is 10.3. The first-order valence-electron chi connectivity index (χ1n) is 5.31. The van der Waals surface area contributed by atoms with Gasteiger partial charge in [0.1, 0.15) is 0 Å². The summed E-state index contributed by atoms with van der Waals surface area (Å²) in [5.41, 5.74) is 8.80. The van der Waals surface area contributed by atoms with Crippen molar-refractivity contribution in [1.29, 1.82) is 0 Å². The molecule has 4 nitrogen and oxygen atoms in total. The molecule has 0 aliphatic heterocycles. The first-order chi connectivity index (χ1) is 7.75. The van der Waals surface area contributed by atoms with Crippen molar-refractivity contribution >= 4 is 11.4 Å². The number of nitrogens with zero attached hydrogens (tertiary/aromatic N) is 2. The Bertz CT molecular complexity index is 448. The highest BCUT2D eigenvalue weighted by atomic mass is 15.0. The van der Waals surface area contributed by atoms with Crippen LogP contribution in [-0.4, -0.2) is 16.1 Å². The number of rotatable bonds is 4. The maximum absolute atomic E-state index is 5.69. The van der Waals surface area contributed by atoms with Crippen molar-refractivity contribution in [3.63, 3.8) is 0 Å². The predicted octanol–water partition coefficient (Wildman–Crippen LogP) is 1.89. The van der Waals surface area contributed by atoms with Crippen molar-refractivity contribution in [2.24, 2.45) is 0 Å². The van der Waals surface area contributed by atoms with Gasteiger partial charge in [-0.15, -0.1) is 0 Å². The Balaban J connectivity index is 1.90. The standard InChI is InChI=1S/C12H16N4/c1-10-8-11(13)2-3-12(10)15-5-7-16-6-4-14-9-16/h2-4,6,8-9,15H,5,7,13H2,1H3. The molecule has 0 fully saturated rings. The van der Waals surface area contributed by atoms with E-state index in [1.165, 1.54) is 5.56 Å². The summed E-state index contributed by atoms with van der Waals surface area (Å²) >= 11 is 0. The summed E-state index contributed by atoms with van der Waals surface area (Å²) in [6.45, 7) is 3.83. The van der Waals surface area contributed by atoms with Crippen molar-refractivity contribution in [3.05, 3.63) is 42.5 Å². The largest absolute Gasteiger partial charge is 0.399 e. The van der Waals surface area contributed by atoms with Gasteiger partial charge in [-0.3, -0.25) is 0 Å². The molecule has 84 valence electrons. The van der Waals surface area contributed by atoms with E-state index in [-0.39, 0.29) is 0 Å². The lowest BCUT2D eigenvalue weighted by molar-refractivity contribution is 0.726. The quantitative estimate of drug-likeness (QED) is 0.767. The molecule has 0 atom stereocenters. The highest BCUT2D eigenvalue weighted by molar-refractivity contribution is 5.57. The lowest BCUT2D eigenvalue weighted by Crippen LogP contribution is -2.10. The molecule has 0 saturated carbocycles. The molecule has 0 saturated heterocycles. The van der Waals surface area contributed by atoms with Crippen LogP contribution >= 0.6 is 0 Å². The monoisotopic (exact) mass is 216 g/mol. The second-order valence-electron chi connectivity index (χ2n) is 3.80. The van der Waals surface area contributed by atoms with Gasteiger partial charge in [0.15, 0.2) is 0 Å². The van der Waals surface area contributed by atoms with Gasteiger partial charge in [-0.2, -0.15) is 0 Å². The molecule has 2 aromatic rings. The minimum atomic E-state index is 0.803. The summed E-state index contributed by atoms with van der Waals surface area (Å²) in [6.07, 6.45) is 5.56. The van der Waals surface area contributed by atoms with Crippen LogP contribution in [0.1, 0.15) is 5.56 Å². The Morgan fingerprint density at radius 2 is 2.31 bits per heavy atom. The lowest BCUT2D eigenvalue weighted by atomic mass is 10.2. The fourth-order valence-corrected chi connectivity index (χ4v) is 1.62. The molecule has 1 heterocycles. The Labute approximate surface area is 95.1 Å². The van der Waals surface area contributed by atoms with Gasteiger partial charge < -0.3 is 15.6 Å². The van der Waals surface area contributed by atoms with Crippen molar-refractivity contribution in [1.82, 2.24) is 9.55 Å². The third-order valence-electron chi connectivity index (χ3n) is 2.50. The number of aryl methyl sites for hydroxylation is 1. The third-order valence-corrected chi connectivity index (χ3v) is 2.50. The number of nitrogen functional groups attached to an aromatic ring is 1. The van der Waals surface area contributed by atoms with Gasteiger partial charge in [0.05, 0.1) is 6.33 Å². The number of nitrogens with one attached hydrogen (secondary N) is 1. The average Bonchev–Trinajstić information content (AvgIpc) is 2.74. The van der Waals surface area contributed by atoms with E-state index >= 15 is 0 Å². The van der Waals surface area contributed by atoms with Gasteiger partial charge in [0, 0.05) is 36.9 Å². The molecular weight excluding hydrogens is 200 g/mol. The van der Waals surface area contributed by atoms with Gasteiger partial charge in [-0.25, -0.2) is 4.98 Å². The Hall–Kier alpha value is -1.97. The minimum absolute atomic E-state index is 0.803. The highest BCUT2D eigenvalue weighted by Gasteiger charge is 1.97. The predicted molar refractivity (Wildman–Crippen MR) is 66.3 cm³/mol.